The first-order valence-corrected chi connectivity index (χ1v) is 10.3. The van der Waals surface area contributed by atoms with Gasteiger partial charge >= 0.3 is 0 Å². The molecule has 1 N–H and O–H groups in total. The third-order valence-corrected chi connectivity index (χ3v) is 5.86. The van der Waals surface area contributed by atoms with Crippen molar-refractivity contribution in [2.24, 2.45) is 0 Å². The van der Waals surface area contributed by atoms with Gasteiger partial charge < -0.3 is 5.11 Å². The number of likely N-dealkylation sites (tertiary alicyclic amines) is 2. The van der Waals surface area contributed by atoms with Crippen LogP contribution in [0.1, 0.15) is 44.6 Å². The number of hydrogen-bond acceptors (Lipinski definition) is 6. The number of aliphatic hydroxyl groups is 1. The van der Waals surface area contributed by atoms with E-state index in [9.17, 15) is 5.11 Å². The first kappa shape index (κ1) is 18.1. The lowest BCUT2D eigenvalue weighted by Crippen LogP contribution is -2.54. The van der Waals surface area contributed by atoms with Gasteiger partial charge in [-0.1, -0.05) is 31.5 Å². The number of thioether (sulfide) groups is 1. The number of piperidine rings is 1. The van der Waals surface area contributed by atoms with Crippen LogP contribution in [0.3, 0.4) is 0 Å². The van der Waals surface area contributed by atoms with Gasteiger partial charge in [0.1, 0.15) is 0 Å². The Bertz CT molecular complexity index is 490. The molecule has 0 radical (unpaired) electrons. The summed E-state index contributed by atoms with van der Waals surface area (Å²) in [5.41, 5.74) is 1.14. The van der Waals surface area contributed by atoms with Crippen LogP contribution in [0.5, 0.6) is 0 Å². The zero-order chi connectivity index (χ0) is 16.8. The smallest absolute Gasteiger partial charge is 0.187 e. The molecule has 0 spiro atoms. The van der Waals surface area contributed by atoms with Gasteiger partial charge in [-0.3, -0.25) is 9.80 Å². The van der Waals surface area contributed by atoms with Gasteiger partial charge in [0, 0.05) is 43.6 Å². The summed E-state index contributed by atoms with van der Waals surface area (Å²) in [6, 6.07) is 0.346. The molecule has 24 heavy (non-hydrogen) atoms. The fourth-order valence-electron chi connectivity index (χ4n) is 3.87. The molecule has 0 aromatic carbocycles. The molecule has 3 rings (SSSR count). The van der Waals surface area contributed by atoms with E-state index >= 15 is 0 Å². The van der Waals surface area contributed by atoms with Gasteiger partial charge in [0.15, 0.2) is 5.16 Å². The van der Waals surface area contributed by atoms with Crippen molar-refractivity contribution >= 4 is 11.8 Å². The largest absolute Gasteiger partial charge is 0.390 e. The lowest BCUT2D eigenvalue weighted by molar-refractivity contribution is -0.0144. The van der Waals surface area contributed by atoms with Crippen LogP contribution in [0.4, 0.5) is 0 Å². The summed E-state index contributed by atoms with van der Waals surface area (Å²) in [4.78, 5) is 13.7. The second-order valence-corrected chi connectivity index (χ2v) is 8.15. The van der Waals surface area contributed by atoms with E-state index in [2.05, 4.69) is 26.7 Å². The minimum atomic E-state index is -0.243. The summed E-state index contributed by atoms with van der Waals surface area (Å²) in [6.45, 7) is 7.06. The van der Waals surface area contributed by atoms with E-state index in [1.165, 1.54) is 25.7 Å². The molecule has 5 nitrogen and oxygen atoms in total. The Morgan fingerprint density at radius 3 is 2.46 bits per heavy atom. The van der Waals surface area contributed by atoms with Crippen molar-refractivity contribution in [1.82, 2.24) is 19.8 Å². The molecule has 2 saturated heterocycles. The summed E-state index contributed by atoms with van der Waals surface area (Å²) in [5, 5.41) is 11.5. The third kappa shape index (κ3) is 4.91. The topological polar surface area (TPSA) is 52.5 Å². The van der Waals surface area contributed by atoms with E-state index in [-0.39, 0.29) is 6.10 Å². The van der Waals surface area contributed by atoms with Crippen LogP contribution in [0.25, 0.3) is 0 Å². The number of rotatable bonds is 5. The highest BCUT2D eigenvalue weighted by molar-refractivity contribution is 7.99. The monoisotopic (exact) mass is 350 g/mol. The number of β-amino-alcohol motifs (C(OH)–C–C–N with tert-alkyl or cyclic N) is 1. The average Bonchev–Trinajstić information content (AvgIpc) is 2.86. The summed E-state index contributed by atoms with van der Waals surface area (Å²) in [6.07, 6.45) is 9.93. The first-order valence-electron chi connectivity index (χ1n) is 9.34. The normalized spacial score (nSPS) is 27.1. The summed E-state index contributed by atoms with van der Waals surface area (Å²) >= 11 is 1.67. The van der Waals surface area contributed by atoms with E-state index in [0.29, 0.717) is 6.04 Å². The van der Waals surface area contributed by atoms with E-state index < -0.39 is 0 Å². The predicted molar refractivity (Wildman–Crippen MR) is 98.2 cm³/mol. The van der Waals surface area contributed by atoms with Gasteiger partial charge in [0.25, 0.3) is 0 Å². The van der Waals surface area contributed by atoms with E-state index in [1.54, 1.807) is 11.8 Å². The minimum Gasteiger partial charge on any atom is -0.390 e. The Kier molecular flexibility index (Phi) is 6.89. The van der Waals surface area contributed by atoms with Crippen LogP contribution in [0.2, 0.25) is 0 Å². The van der Waals surface area contributed by atoms with Crippen LogP contribution in [-0.2, 0) is 6.54 Å². The Morgan fingerprint density at radius 2 is 1.83 bits per heavy atom. The van der Waals surface area contributed by atoms with Crippen LogP contribution in [-0.4, -0.2) is 69.0 Å². The van der Waals surface area contributed by atoms with Gasteiger partial charge in [0.05, 0.1) is 6.10 Å². The van der Waals surface area contributed by atoms with Crippen LogP contribution in [0, 0.1) is 0 Å². The first-order chi connectivity index (χ1) is 11.8. The molecule has 2 fully saturated rings. The fourth-order valence-corrected chi connectivity index (χ4v) is 4.38. The molecule has 0 aliphatic carbocycles. The van der Waals surface area contributed by atoms with Crippen molar-refractivity contribution in [1.29, 1.82) is 0 Å². The molecular formula is C18H30N4OS. The van der Waals surface area contributed by atoms with Crippen molar-refractivity contribution in [3.8, 4) is 0 Å². The summed E-state index contributed by atoms with van der Waals surface area (Å²) in [7, 11) is 0. The fraction of sp³-hybridized carbons (Fsp3) is 0.778. The van der Waals surface area contributed by atoms with Crippen LogP contribution in [0.15, 0.2) is 17.6 Å². The molecule has 0 amide bonds. The number of aliphatic hydroxyl groups excluding tert-OH is 1. The lowest BCUT2D eigenvalue weighted by Gasteiger charge is -2.41. The SMILES string of the molecule is CCSc1ncc(CN2CC[C@@H](N3CCCCCC3)[C@H](O)C2)cn1. The summed E-state index contributed by atoms with van der Waals surface area (Å²) < 4.78 is 0. The maximum absolute atomic E-state index is 10.7. The Morgan fingerprint density at radius 1 is 1.12 bits per heavy atom. The Hall–Kier alpha value is -0.690. The number of nitrogens with zero attached hydrogens (tertiary/aromatic N) is 4. The second-order valence-electron chi connectivity index (χ2n) is 6.92. The molecule has 0 unspecified atom stereocenters. The second kappa shape index (κ2) is 9.13. The van der Waals surface area contributed by atoms with Crippen LogP contribution >= 0.6 is 11.8 Å². The Balaban J connectivity index is 1.51. The lowest BCUT2D eigenvalue weighted by atomic mass is 9.99. The highest BCUT2D eigenvalue weighted by Gasteiger charge is 2.32. The maximum atomic E-state index is 10.7. The van der Waals surface area contributed by atoms with Crippen molar-refractivity contribution in [2.75, 3.05) is 31.9 Å². The van der Waals surface area contributed by atoms with E-state index in [1.807, 2.05) is 12.4 Å². The molecule has 0 saturated carbocycles. The van der Waals surface area contributed by atoms with Gasteiger partial charge in [0.2, 0.25) is 0 Å². The molecule has 1 aromatic heterocycles. The summed E-state index contributed by atoms with van der Waals surface area (Å²) in [5.74, 6) is 0.996. The molecule has 2 aliphatic rings. The van der Waals surface area contributed by atoms with Crippen molar-refractivity contribution in [3.05, 3.63) is 18.0 Å². The van der Waals surface area contributed by atoms with Crippen molar-refractivity contribution in [3.63, 3.8) is 0 Å². The highest BCUT2D eigenvalue weighted by Crippen LogP contribution is 2.22. The maximum Gasteiger partial charge on any atom is 0.187 e. The van der Waals surface area contributed by atoms with Gasteiger partial charge in [-0.05, 0) is 38.1 Å². The highest BCUT2D eigenvalue weighted by atomic mass is 32.2. The van der Waals surface area contributed by atoms with Gasteiger partial charge in [-0.2, -0.15) is 0 Å². The molecule has 3 heterocycles. The molecule has 6 heteroatoms. The van der Waals surface area contributed by atoms with Gasteiger partial charge in [-0.15, -0.1) is 0 Å². The van der Waals surface area contributed by atoms with Crippen molar-refractivity contribution in [2.45, 2.75) is 62.9 Å². The molecule has 2 atom stereocenters. The zero-order valence-corrected chi connectivity index (χ0v) is 15.5. The molecule has 2 aliphatic heterocycles. The molecule has 0 bridgehead atoms. The van der Waals surface area contributed by atoms with Crippen molar-refractivity contribution < 1.29 is 5.11 Å². The average molecular weight is 351 g/mol. The van der Waals surface area contributed by atoms with E-state index in [4.69, 9.17) is 0 Å². The van der Waals surface area contributed by atoms with Crippen LogP contribution < -0.4 is 0 Å². The standard InChI is InChI=1S/C18H30N4OS/c1-2-24-18-19-11-15(12-20-18)13-21-10-7-16(17(23)14-21)22-8-5-3-4-6-9-22/h11-12,16-17,23H,2-10,13-14H2,1H3/t16-,17-/m1/s1. The van der Waals surface area contributed by atoms with Gasteiger partial charge in [-0.25, -0.2) is 9.97 Å². The Labute approximate surface area is 149 Å². The zero-order valence-electron chi connectivity index (χ0n) is 14.7. The predicted octanol–water partition coefficient (Wildman–Crippen LogP) is 2.40. The minimum absolute atomic E-state index is 0.243. The molecule has 1 aromatic rings. The third-order valence-electron chi connectivity index (χ3n) is 5.10. The molecule has 134 valence electrons. The van der Waals surface area contributed by atoms with E-state index in [0.717, 1.165) is 55.6 Å². The number of aromatic nitrogens is 2. The number of hydrogen-bond donors (Lipinski definition) is 1. The quantitative estimate of drug-likeness (QED) is 0.650. The molecular weight excluding hydrogens is 320 g/mol.